The average Bonchev–Trinajstić information content (AvgIpc) is 3.46. The van der Waals surface area contributed by atoms with E-state index in [9.17, 15) is 18.0 Å². The number of amides is 2. The quantitative estimate of drug-likeness (QED) is 0.338. The first kappa shape index (κ1) is 31.9. The van der Waals surface area contributed by atoms with Crippen LogP contribution in [0.3, 0.4) is 0 Å². The molecule has 47 heavy (non-hydrogen) atoms. The minimum absolute atomic E-state index is 0.0711. The molecule has 1 saturated carbocycles. The Morgan fingerprint density at radius 3 is 2.40 bits per heavy atom. The van der Waals surface area contributed by atoms with Gasteiger partial charge in [0.25, 0.3) is 11.8 Å². The summed E-state index contributed by atoms with van der Waals surface area (Å²) in [6.07, 6.45) is 10.2. The molecule has 2 saturated heterocycles. The number of methoxy groups -OCH3 is 1. The first-order valence-corrected chi connectivity index (χ1v) is 18.8. The van der Waals surface area contributed by atoms with Crippen LogP contribution >= 0.6 is 0 Å². The van der Waals surface area contributed by atoms with Gasteiger partial charge in [0.1, 0.15) is 5.75 Å². The molecule has 9 nitrogen and oxygen atoms in total. The predicted octanol–water partition coefficient (Wildman–Crippen LogP) is 5.92. The highest BCUT2D eigenvalue weighted by Crippen LogP contribution is 2.47. The lowest BCUT2D eigenvalue weighted by Crippen LogP contribution is -2.55. The number of hydrogen-bond acceptors (Lipinski definition) is 6. The summed E-state index contributed by atoms with van der Waals surface area (Å²) < 4.78 is 35.9. The molecule has 3 unspecified atom stereocenters. The maximum Gasteiger partial charge on any atom is 0.264 e. The summed E-state index contributed by atoms with van der Waals surface area (Å²) in [4.78, 5) is 32.5. The number of carbonyl (C=O) groups excluding carboxylic acids is 2. The molecule has 3 atom stereocenters. The molecular weight excluding hydrogens is 612 g/mol. The van der Waals surface area contributed by atoms with E-state index in [1.54, 1.807) is 27.0 Å². The van der Waals surface area contributed by atoms with Gasteiger partial charge in [-0.05, 0) is 99.5 Å². The molecular formula is C37H46N4O5S. The summed E-state index contributed by atoms with van der Waals surface area (Å²) in [6.45, 7) is 5.50. The van der Waals surface area contributed by atoms with Gasteiger partial charge in [0.15, 0.2) is 0 Å². The molecule has 1 N–H and O–H groups in total. The zero-order chi connectivity index (χ0) is 33.0. The van der Waals surface area contributed by atoms with Crippen LogP contribution in [-0.4, -0.2) is 79.2 Å². The molecule has 0 spiro atoms. The fraction of sp³-hybridized carbons (Fsp3) is 0.514. The average molecular weight is 659 g/mol. The first-order valence-electron chi connectivity index (χ1n) is 17.2. The van der Waals surface area contributed by atoms with Gasteiger partial charge in [-0.15, -0.1) is 0 Å². The lowest BCUT2D eigenvalue weighted by molar-refractivity contribution is -0.132. The van der Waals surface area contributed by atoms with Crippen molar-refractivity contribution in [3.63, 3.8) is 0 Å². The number of hydrogen-bond donors (Lipinski definition) is 1. The number of likely N-dealkylation sites (N-methyl/N-ethyl adjacent to an activating group) is 1. The number of sulfonamides is 1. The Labute approximate surface area is 278 Å². The van der Waals surface area contributed by atoms with Crippen molar-refractivity contribution in [2.45, 2.75) is 95.0 Å². The second kappa shape index (κ2) is 12.4. The Hall–Kier alpha value is -3.63. The van der Waals surface area contributed by atoms with Crippen molar-refractivity contribution >= 4 is 38.8 Å². The van der Waals surface area contributed by atoms with Gasteiger partial charge < -0.3 is 19.1 Å². The standard InChI is InChI=1S/C37H46N4O5S/c1-5-23(2)47(44,45)38-36(42)25-11-15-32-33(19-25)40-20-27(37(43)41-28-12-13-29(41)22-39(3)21-28)17-26-18-30(46-4)14-16-31(26)35(40)34(32)24-9-7-6-8-10-24/h11,14-19,23-24,28-29H,5-10,12-13,20-22H2,1-4H3,(H,38,42). The number of fused-ring (bicyclic) bond motifs is 7. The van der Waals surface area contributed by atoms with Crippen molar-refractivity contribution in [1.29, 1.82) is 0 Å². The van der Waals surface area contributed by atoms with Gasteiger partial charge in [0.05, 0.1) is 24.6 Å². The zero-order valence-electron chi connectivity index (χ0n) is 27.9. The van der Waals surface area contributed by atoms with E-state index in [-0.39, 0.29) is 23.6 Å². The van der Waals surface area contributed by atoms with Gasteiger partial charge in [0, 0.05) is 52.8 Å². The van der Waals surface area contributed by atoms with Crippen LogP contribution in [0.4, 0.5) is 0 Å². The van der Waals surface area contributed by atoms with Gasteiger partial charge in [-0.1, -0.05) is 32.3 Å². The maximum atomic E-state index is 14.6. The first-order chi connectivity index (χ1) is 22.6. The Morgan fingerprint density at radius 1 is 1.00 bits per heavy atom. The summed E-state index contributed by atoms with van der Waals surface area (Å²) in [5.41, 5.74) is 6.16. The Kier molecular flexibility index (Phi) is 8.45. The van der Waals surface area contributed by atoms with Crippen LogP contribution in [0.25, 0.3) is 28.2 Å². The van der Waals surface area contributed by atoms with Crippen LogP contribution in [0.15, 0.2) is 42.0 Å². The molecule has 3 aliphatic heterocycles. The van der Waals surface area contributed by atoms with Gasteiger partial charge in [-0.3, -0.25) is 9.59 Å². The van der Waals surface area contributed by atoms with Crippen LogP contribution in [0.2, 0.25) is 0 Å². The van der Waals surface area contributed by atoms with Crippen LogP contribution in [0.1, 0.15) is 92.6 Å². The summed E-state index contributed by atoms with van der Waals surface area (Å²) in [5, 5.41) is 0.373. The number of ether oxygens (including phenoxy) is 1. The van der Waals surface area contributed by atoms with Gasteiger partial charge >= 0.3 is 0 Å². The molecule has 3 aromatic rings. The number of carbonyl (C=O) groups is 2. The van der Waals surface area contributed by atoms with Crippen molar-refractivity contribution in [2.24, 2.45) is 0 Å². The van der Waals surface area contributed by atoms with E-state index in [0.29, 0.717) is 24.5 Å². The number of likely N-dealkylation sites (tertiary alicyclic amines) is 1. The fourth-order valence-corrected chi connectivity index (χ4v) is 9.45. The van der Waals surface area contributed by atoms with Gasteiger partial charge in [-0.25, -0.2) is 13.1 Å². The van der Waals surface area contributed by atoms with Crippen molar-refractivity contribution in [1.82, 2.24) is 19.1 Å². The van der Waals surface area contributed by atoms with E-state index in [0.717, 1.165) is 85.1 Å². The third-order valence-corrected chi connectivity index (χ3v) is 12.9. The molecule has 0 radical (unpaired) electrons. The zero-order valence-corrected chi connectivity index (χ0v) is 28.7. The van der Waals surface area contributed by atoms with Crippen LogP contribution < -0.4 is 9.46 Å². The second-order valence-corrected chi connectivity index (χ2v) is 16.2. The van der Waals surface area contributed by atoms with Crippen molar-refractivity contribution < 1.29 is 22.7 Å². The summed E-state index contributed by atoms with van der Waals surface area (Å²) in [7, 11) is -0.0209. The van der Waals surface area contributed by atoms with Crippen molar-refractivity contribution in [3.8, 4) is 17.0 Å². The number of benzene rings is 2. The van der Waals surface area contributed by atoms with E-state index in [1.165, 1.54) is 12.0 Å². The lowest BCUT2D eigenvalue weighted by Gasteiger charge is -2.40. The van der Waals surface area contributed by atoms with Crippen LogP contribution in [-0.2, 0) is 21.4 Å². The number of aromatic nitrogens is 1. The molecule has 4 heterocycles. The molecule has 1 aliphatic carbocycles. The van der Waals surface area contributed by atoms with E-state index in [2.05, 4.69) is 38.3 Å². The minimum Gasteiger partial charge on any atom is -0.497 e. The molecule has 10 heteroatoms. The highest BCUT2D eigenvalue weighted by atomic mass is 32.2. The number of nitrogens with one attached hydrogen (secondary N) is 1. The van der Waals surface area contributed by atoms with Crippen molar-refractivity contribution in [2.75, 3.05) is 27.2 Å². The van der Waals surface area contributed by atoms with Gasteiger partial charge in [-0.2, -0.15) is 0 Å². The third kappa shape index (κ3) is 5.67. The largest absolute Gasteiger partial charge is 0.497 e. The molecule has 2 bridgehead atoms. The molecule has 4 aliphatic rings. The smallest absolute Gasteiger partial charge is 0.264 e. The monoisotopic (exact) mass is 658 g/mol. The highest BCUT2D eigenvalue weighted by molar-refractivity contribution is 7.90. The number of nitrogens with zero attached hydrogens (tertiary/aromatic N) is 3. The molecule has 3 fully saturated rings. The van der Waals surface area contributed by atoms with E-state index < -0.39 is 21.2 Å². The molecule has 2 amide bonds. The SMILES string of the molecule is CCC(C)S(=O)(=O)NC(=O)c1ccc2c(C3CCCCC3)c3n(c2c1)CC(C(=O)N1C2CCC1CN(C)C2)=Cc1cc(OC)ccc1-3. The highest BCUT2D eigenvalue weighted by Gasteiger charge is 2.43. The molecule has 250 valence electrons. The van der Waals surface area contributed by atoms with E-state index in [1.807, 2.05) is 24.3 Å². The minimum atomic E-state index is -3.81. The normalized spacial score (nSPS) is 22.3. The molecule has 2 aromatic carbocycles. The predicted molar refractivity (Wildman–Crippen MR) is 185 cm³/mol. The van der Waals surface area contributed by atoms with Crippen LogP contribution in [0, 0.1) is 0 Å². The second-order valence-electron chi connectivity index (χ2n) is 14.1. The summed E-state index contributed by atoms with van der Waals surface area (Å²) in [6, 6.07) is 12.0. The number of rotatable bonds is 7. The van der Waals surface area contributed by atoms with Crippen LogP contribution in [0.5, 0.6) is 5.75 Å². The van der Waals surface area contributed by atoms with E-state index in [4.69, 9.17) is 4.74 Å². The Bertz CT molecular complexity index is 1860. The maximum absolute atomic E-state index is 14.6. The third-order valence-electron chi connectivity index (χ3n) is 11.1. The lowest BCUT2D eigenvalue weighted by atomic mass is 9.81. The number of piperazine rings is 1. The summed E-state index contributed by atoms with van der Waals surface area (Å²) in [5.74, 6) is 0.508. The molecule has 1 aromatic heterocycles. The van der Waals surface area contributed by atoms with Crippen molar-refractivity contribution in [3.05, 3.63) is 58.7 Å². The topological polar surface area (TPSA) is 101 Å². The molecule has 7 rings (SSSR count). The van der Waals surface area contributed by atoms with Gasteiger partial charge in [0.2, 0.25) is 10.0 Å². The Balaban J connectivity index is 1.40. The summed E-state index contributed by atoms with van der Waals surface area (Å²) >= 11 is 0. The van der Waals surface area contributed by atoms with E-state index >= 15 is 0 Å². The Morgan fingerprint density at radius 2 is 1.72 bits per heavy atom. The fourth-order valence-electron chi connectivity index (χ4n) is 8.43.